The topological polar surface area (TPSA) is 24.5 Å². The van der Waals surface area contributed by atoms with E-state index in [-0.39, 0.29) is 6.04 Å². The van der Waals surface area contributed by atoms with Crippen LogP contribution >= 0.6 is 0 Å². The Hall–Kier alpha value is -2.62. The van der Waals surface area contributed by atoms with Crippen LogP contribution in [0.5, 0.6) is 11.5 Å². The highest BCUT2D eigenvalue weighted by Gasteiger charge is 2.24. The van der Waals surface area contributed by atoms with Crippen molar-refractivity contribution in [3.8, 4) is 11.5 Å². The van der Waals surface area contributed by atoms with Gasteiger partial charge >= 0.3 is 0 Å². The van der Waals surface area contributed by atoms with Crippen molar-refractivity contribution in [1.29, 1.82) is 0 Å². The second-order valence-electron chi connectivity index (χ2n) is 7.09. The van der Waals surface area contributed by atoms with E-state index >= 15 is 0 Å². The van der Waals surface area contributed by atoms with Crippen LogP contribution in [-0.2, 0) is 0 Å². The van der Waals surface area contributed by atoms with Crippen molar-refractivity contribution in [2.45, 2.75) is 13.0 Å². The molecule has 0 amide bonds. The van der Waals surface area contributed by atoms with Crippen molar-refractivity contribution in [3.05, 3.63) is 95.6 Å². The van der Waals surface area contributed by atoms with Crippen molar-refractivity contribution in [2.75, 3.05) is 26.2 Å². The number of nitrogens with zero attached hydrogens (tertiary/aromatic N) is 1. The molecule has 1 aliphatic heterocycles. The van der Waals surface area contributed by atoms with E-state index < -0.39 is 0 Å². The summed E-state index contributed by atoms with van der Waals surface area (Å²) >= 11 is 0. The summed E-state index contributed by atoms with van der Waals surface area (Å²) in [6, 6.07) is 27.6. The van der Waals surface area contributed by atoms with Crippen molar-refractivity contribution < 1.29 is 4.74 Å². The minimum Gasteiger partial charge on any atom is -0.457 e. The van der Waals surface area contributed by atoms with Crippen LogP contribution in [-0.4, -0.2) is 31.1 Å². The molecule has 0 radical (unpaired) electrons. The number of hydrogen-bond acceptors (Lipinski definition) is 3. The number of nitrogens with one attached hydrogen (secondary N) is 1. The zero-order chi connectivity index (χ0) is 18.5. The quantitative estimate of drug-likeness (QED) is 0.710. The molecule has 1 saturated heterocycles. The Morgan fingerprint density at radius 3 is 2.19 bits per heavy atom. The molecule has 1 atom stereocenters. The Balaban J connectivity index is 1.68. The molecule has 1 N–H and O–H groups in total. The van der Waals surface area contributed by atoms with E-state index in [0.717, 1.165) is 37.7 Å². The molecule has 0 spiro atoms. The molecule has 3 aromatic carbocycles. The number of hydrogen-bond donors (Lipinski definition) is 1. The Morgan fingerprint density at radius 2 is 1.44 bits per heavy atom. The summed E-state index contributed by atoms with van der Waals surface area (Å²) in [7, 11) is 0. The predicted molar refractivity (Wildman–Crippen MR) is 110 cm³/mol. The lowest BCUT2D eigenvalue weighted by molar-refractivity contribution is 0.198. The highest BCUT2D eigenvalue weighted by atomic mass is 16.5. The summed E-state index contributed by atoms with van der Waals surface area (Å²) in [5.41, 5.74) is 3.91. The third-order valence-electron chi connectivity index (χ3n) is 5.03. The zero-order valence-electron chi connectivity index (χ0n) is 15.8. The molecule has 3 aromatic rings. The van der Waals surface area contributed by atoms with Crippen LogP contribution in [0.25, 0.3) is 0 Å². The van der Waals surface area contributed by atoms with Gasteiger partial charge in [0.2, 0.25) is 0 Å². The monoisotopic (exact) mass is 358 g/mol. The van der Waals surface area contributed by atoms with Gasteiger partial charge in [-0.3, -0.25) is 4.90 Å². The predicted octanol–water partition coefficient (Wildman–Crippen LogP) is 4.78. The highest BCUT2D eigenvalue weighted by molar-refractivity contribution is 5.40. The summed E-state index contributed by atoms with van der Waals surface area (Å²) in [5.74, 6) is 1.75. The summed E-state index contributed by atoms with van der Waals surface area (Å²) in [5, 5.41) is 3.46. The summed E-state index contributed by atoms with van der Waals surface area (Å²) in [6.45, 7) is 6.31. The van der Waals surface area contributed by atoms with Gasteiger partial charge in [0.05, 0.1) is 6.04 Å². The van der Waals surface area contributed by atoms with Crippen LogP contribution in [0.15, 0.2) is 78.9 Å². The molecule has 0 aliphatic carbocycles. The normalized spacial score (nSPS) is 16.0. The van der Waals surface area contributed by atoms with E-state index in [1.165, 1.54) is 16.7 Å². The average molecular weight is 358 g/mol. The molecule has 138 valence electrons. The molecule has 1 unspecified atom stereocenters. The first kappa shape index (κ1) is 17.8. The number of benzene rings is 3. The fraction of sp³-hybridized carbons (Fsp3) is 0.250. The van der Waals surface area contributed by atoms with Crippen LogP contribution < -0.4 is 10.1 Å². The minimum atomic E-state index is 0.242. The van der Waals surface area contributed by atoms with E-state index in [2.05, 4.69) is 59.6 Å². The molecule has 0 aromatic heterocycles. The van der Waals surface area contributed by atoms with Gasteiger partial charge < -0.3 is 10.1 Å². The van der Waals surface area contributed by atoms with Crippen LogP contribution in [0, 0.1) is 6.92 Å². The fourth-order valence-corrected chi connectivity index (χ4v) is 3.77. The van der Waals surface area contributed by atoms with E-state index in [0.29, 0.717) is 0 Å². The lowest BCUT2D eigenvalue weighted by atomic mass is 9.95. The summed E-state index contributed by atoms with van der Waals surface area (Å²) in [6.07, 6.45) is 0. The molecular formula is C24H26N2O. The minimum absolute atomic E-state index is 0.242. The van der Waals surface area contributed by atoms with Crippen molar-refractivity contribution >= 4 is 0 Å². The van der Waals surface area contributed by atoms with E-state index in [1.54, 1.807) is 0 Å². The van der Waals surface area contributed by atoms with Crippen LogP contribution in [0.4, 0.5) is 0 Å². The van der Waals surface area contributed by atoms with Gasteiger partial charge in [0, 0.05) is 26.2 Å². The van der Waals surface area contributed by atoms with E-state index in [4.69, 9.17) is 4.74 Å². The standard InChI is InChI=1S/C24H26N2O/c1-19-7-5-8-20(17-19)24(26-15-13-25-14-16-26)21-9-6-12-23(18-21)27-22-10-3-2-4-11-22/h2-12,17-18,24-25H,13-16H2,1H3. The lowest BCUT2D eigenvalue weighted by Gasteiger charge is -2.35. The van der Waals surface area contributed by atoms with Crippen LogP contribution in [0.2, 0.25) is 0 Å². The van der Waals surface area contributed by atoms with Crippen molar-refractivity contribution in [2.24, 2.45) is 0 Å². The molecule has 27 heavy (non-hydrogen) atoms. The molecule has 3 nitrogen and oxygen atoms in total. The molecule has 1 aliphatic rings. The highest BCUT2D eigenvalue weighted by Crippen LogP contribution is 2.32. The van der Waals surface area contributed by atoms with Gasteiger partial charge in [0.1, 0.15) is 11.5 Å². The average Bonchev–Trinajstić information content (AvgIpc) is 2.70. The van der Waals surface area contributed by atoms with Gasteiger partial charge in [-0.05, 0) is 42.3 Å². The van der Waals surface area contributed by atoms with E-state index in [9.17, 15) is 0 Å². The first-order valence-corrected chi connectivity index (χ1v) is 9.64. The zero-order valence-corrected chi connectivity index (χ0v) is 15.8. The molecule has 0 saturated carbocycles. The fourth-order valence-electron chi connectivity index (χ4n) is 3.77. The molecule has 0 bridgehead atoms. The van der Waals surface area contributed by atoms with Crippen LogP contribution in [0.1, 0.15) is 22.7 Å². The number of piperazine rings is 1. The molecule has 1 fully saturated rings. The van der Waals surface area contributed by atoms with Crippen LogP contribution in [0.3, 0.4) is 0 Å². The second kappa shape index (κ2) is 8.38. The van der Waals surface area contributed by atoms with Crippen molar-refractivity contribution in [1.82, 2.24) is 10.2 Å². The molecule has 1 heterocycles. The summed E-state index contributed by atoms with van der Waals surface area (Å²) in [4.78, 5) is 2.56. The SMILES string of the molecule is Cc1cccc(C(c2cccc(Oc3ccccc3)c2)N2CCNCC2)c1. The maximum Gasteiger partial charge on any atom is 0.127 e. The number of aryl methyl sites for hydroxylation is 1. The maximum absolute atomic E-state index is 6.09. The van der Waals surface area contributed by atoms with E-state index in [1.807, 2.05) is 36.4 Å². The third kappa shape index (κ3) is 4.38. The van der Waals surface area contributed by atoms with Gasteiger partial charge in [-0.15, -0.1) is 0 Å². The number of ether oxygens (including phenoxy) is 1. The lowest BCUT2D eigenvalue weighted by Crippen LogP contribution is -2.45. The molecule has 4 rings (SSSR count). The first-order valence-electron chi connectivity index (χ1n) is 9.64. The Morgan fingerprint density at radius 1 is 0.778 bits per heavy atom. The Labute approximate surface area is 161 Å². The maximum atomic E-state index is 6.09. The smallest absolute Gasteiger partial charge is 0.127 e. The molecular weight excluding hydrogens is 332 g/mol. The van der Waals surface area contributed by atoms with Gasteiger partial charge in [-0.25, -0.2) is 0 Å². The van der Waals surface area contributed by atoms with Crippen molar-refractivity contribution in [3.63, 3.8) is 0 Å². The Bertz CT molecular complexity index is 872. The number of para-hydroxylation sites is 1. The third-order valence-corrected chi connectivity index (χ3v) is 5.03. The van der Waals surface area contributed by atoms with Gasteiger partial charge in [0.15, 0.2) is 0 Å². The Kier molecular flexibility index (Phi) is 5.52. The first-order chi connectivity index (χ1) is 13.3. The molecule has 3 heteroatoms. The largest absolute Gasteiger partial charge is 0.457 e. The number of rotatable bonds is 5. The summed E-state index contributed by atoms with van der Waals surface area (Å²) < 4.78 is 6.09. The van der Waals surface area contributed by atoms with Gasteiger partial charge in [0.25, 0.3) is 0 Å². The second-order valence-corrected chi connectivity index (χ2v) is 7.09. The van der Waals surface area contributed by atoms with Gasteiger partial charge in [-0.2, -0.15) is 0 Å². The van der Waals surface area contributed by atoms with Gasteiger partial charge in [-0.1, -0.05) is 60.2 Å².